The van der Waals surface area contributed by atoms with Crippen molar-refractivity contribution < 1.29 is 14.3 Å². The number of nitrogens with one attached hydrogen (secondary N) is 1. The number of H-pyrrole nitrogens is 1. The number of methoxy groups -OCH3 is 2. The van der Waals surface area contributed by atoms with Gasteiger partial charge in [-0.2, -0.15) is 0 Å². The Hall–Kier alpha value is -2.69. The SMILES string of the molecule is C=C(C(=O)OC)[C@H]1C=C2c3[nH]c4cccc(OC)c4c3CCN2C[C@H]1CC. The van der Waals surface area contributed by atoms with Crippen LogP contribution < -0.4 is 4.74 Å². The number of allylic oxidation sites excluding steroid dienone is 1. The highest BCUT2D eigenvalue weighted by atomic mass is 16.5. The van der Waals surface area contributed by atoms with Crippen LogP contribution in [0.15, 0.2) is 36.4 Å². The van der Waals surface area contributed by atoms with Crippen LogP contribution in [-0.4, -0.2) is 43.2 Å². The maximum atomic E-state index is 12.1. The molecule has 1 aromatic carbocycles. The van der Waals surface area contributed by atoms with E-state index >= 15 is 0 Å². The number of hydrogen-bond acceptors (Lipinski definition) is 4. The Bertz CT molecular complexity index is 940. The molecule has 0 fully saturated rings. The third-order valence-electron chi connectivity index (χ3n) is 6.01. The summed E-state index contributed by atoms with van der Waals surface area (Å²) in [6, 6.07) is 6.10. The molecule has 5 heteroatoms. The zero-order valence-electron chi connectivity index (χ0n) is 16.2. The molecule has 4 rings (SSSR count). The van der Waals surface area contributed by atoms with Gasteiger partial charge in [-0.05, 0) is 30.0 Å². The van der Waals surface area contributed by atoms with E-state index < -0.39 is 0 Å². The first-order valence-corrected chi connectivity index (χ1v) is 9.50. The summed E-state index contributed by atoms with van der Waals surface area (Å²) in [4.78, 5) is 18.1. The topological polar surface area (TPSA) is 54.6 Å². The van der Waals surface area contributed by atoms with Gasteiger partial charge in [0.1, 0.15) is 5.75 Å². The highest BCUT2D eigenvalue weighted by molar-refractivity contribution is 5.95. The monoisotopic (exact) mass is 366 g/mol. The second-order valence-corrected chi connectivity index (χ2v) is 7.32. The standard InChI is InChI=1S/C22H26N2O3/c1-5-14-12-24-10-9-15-20-17(7-6-8-19(20)26-3)23-21(15)18(24)11-16(14)13(2)22(25)27-4/h6-8,11,14,16,23H,2,5,9-10,12H2,1,3-4H3/t14-,16-/m1/s1. The minimum absolute atomic E-state index is 0.00652. The van der Waals surface area contributed by atoms with Gasteiger partial charge in [-0.15, -0.1) is 0 Å². The van der Waals surface area contributed by atoms with Crippen LogP contribution in [0.1, 0.15) is 24.6 Å². The number of aromatic nitrogens is 1. The van der Waals surface area contributed by atoms with Gasteiger partial charge in [-0.3, -0.25) is 0 Å². The predicted molar refractivity (Wildman–Crippen MR) is 107 cm³/mol. The first kappa shape index (κ1) is 17.7. The van der Waals surface area contributed by atoms with Gasteiger partial charge < -0.3 is 19.4 Å². The van der Waals surface area contributed by atoms with Crippen molar-refractivity contribution >= 4 is 22.6 Å². The lowest BCUT2D eigenvalue weighted by Gasteiger charge is -2.41. The Labute approximate surface area is 159 Å². The van der Waals surface area contributed by atoms with Crippen LogP contribution in [0.25, 0.3) is 16.6 Å². The summed E-state index contributed by atoms with van der Waals surface area (Å²) in [5.74, 6) is 0.934. The molecule has 0 bridgehead atoms. The molecule has 0 aliphatic carbocycles. The van der Waals surface area contributed by atoms with Crippen molar-refractivity contribution in [3.8, 4) is 5.75 Å². The molecule has 0 radical (unpaired) electrons. The van der Waals surface area contributed by atoms with Gasteiger partial charge in [-0.25, -0.2) is 4.79 Å². The Morgan fingerprint density at radius 1 is 1.37 bits per heavy atom. The molecule has 0 unspecified atom stereocenters. The maximum Gasteiger partial charge on any atom is 0.333 e. The van der Waals surface area contributed by atoms with Crippen molar-refractivity contribution in [1.82, 2.24) is 9.88 Å². The fourth-order valence-electron chi connectivity index (χ4n) is 4.56. The van der Waals surface area contributed by atoms with E-state index in [4.69, 9.17) is 9.47 Å². The number of rotatable bonds is 4. The van der Waals surface area contributed by atoms with E-state index in [1.165, 1.54) is 12.7 Å². The average molecular weight is 366 g/mol. The van der Waals surface area contributed by atoms with Crippen LogP contribution >= 0.6 is 0 Å². The lowest BCUT2D eigenvalue weighted by Crippen LogP contribution is -2.40. The van der Waals surface area contributed by atoms with Gasteiger partial charge in [0.2, 0.25) is 0 Å². The fourth-order valence-corrected chi connectivity index (χ4v) is 4.56. The Morgan fingerprint density at radius 2 is 2.19 bits per heavy atom. The van der Waals surface area contributed by atoms with Crippen LogP contribution in [0.5, 0.6) is 5.75 Å². The molecule has 142 valence electrons. The summed E-state index contributed by atoms with van der Waals surface area (Å²) in [6.07, 6.45) is 4.18. The summed E-state index contributed by atoms with van der Waals surface area (Å²) >= 11 is 0. The first-order chi connectivity index (χ1) is 13.1. The van der Waals surface area contributed by atoms with E-state index in [2.05, 4.69) is 35.5 Å². The number of ether oxygens (including phenoxy) is 2. The summed E-state index contributed by atoms with van der Waals surface area (Å²) in [7, 11) is 3.13. The largest absolute Gasteiger partial charge is 0.496 e. The molecule has 3 heterocycles. The molecule has 2 aliphatic heterocycles. The van der Waals surface area contributed by atoms with Crippen LogP contribution in [0.3, 0.4) is 0 Å². The lowest BCUT2D eigenvalue weighted by molar-refractivity contribution is -0.136. The number of benzene rings is 1. The van der Waals surface area contributed by atoms with Crippen molar-refractivity contribution in [2.24, 2.45) is 11.8 Å². The molecule has 5 nitrogen and oxygen atoms in total. The minimum Gasteiger partial charge on any atom is -0.496 e. The predicted octanol–water partition coefficient (Wildman–Crippen LogP) is 3.76. The van der Waals surface area contributed by atoms with Crippen LogP contribution in [-0.2, 0) is 16.0 Å². The average Bonchev–Trinajstić information content (AvgIpc) is 3.10. The highest BCUT2D eigenvalue weighted by Gasteiger charge is 2.36. The molecule has 2 aliphatic rings. The number of nitrogens with zero attached hydrogens (tertiary/aromatic N) is 1. The zero-order valence-corrected chi connectivity index (χ0v) is 16.2. The zero-order chi connectivity index (χ0) is 19.1. The second kappa shape index (κ2) is 6.80. The number of hydrogen-bond donors (Lipinski definition) is 1. The van der Waals surface area contributed by atoms with Crippen molar-refractivity contribution in [3.05, 3.63) is 47.7 Å². The smallest absolute Gasteiger partial charge is 0.333 e. The van der Waals surface area contributed by atoms with E-state index in [9.17, 15) is 4.79 Å². The normalized spacial score (nSPS) is 21.3. The molecule has 0 saturated carbocycles. The van der Waals surface area contributed by atoms with Gasteiger partial charge in [0.25, 0.3) is 0 Å². The van der Waals surface area contributed by atoms with E-state index in [0.29, 0.717) is 11.5 Å². The number of carbonyl (C=O) groups is 1. The van der Waals surface area contributed by atoms with Crippen LogP contribution in [0, 0.1) is 11.8 Å². The van der Waals surface area contributed by atoms with Crippen molar-refractivity contribution in [2.45, 2.75) is 19.8 Å². The molecular weight excluding hydrogens is 340 g/mol. The van der Waals surface area contributed by atoms with Crippen molar-refractivity contribution in [2.75, 3.05) is 27.3 Å². The third-order valence-corrected chi connectivity index (χ3v) is 6.01. The Balaban J connectivity index is 1.84. The van der Waals surface area contributed by atoms with Crippen LogP contribution in [0.4, 0.5) is 0 Å². The first-order valence-electron chi connectivity index (χ1n) is 9.50. The Morgan fingerprint density at radius 3 is 2.89 bits per heavy atom. The quantitative estimate of drug-likeness (QED) is 0.661. The summed E-state index contributed by atoms with van der Waals surface area (Å²) < 4.78 is 10.5. The Kier molecular flexibility index (Phi) is 4.46. The molecule has 27 heavy (non-hydrogen) atoms. The molecule has 2 atom stereocenters. The molecule has 1 N–H and O–H groups in total. The molecule has 1 aromatic heterocycles. The van der Waals surface area contributed by atoms with E-state index in [-0.39, 0.29) is 11.9 Å². The molecule has 2 aromatic rings. The van der Waals surface area contributed by atoms with Gasteiger partial charge in [0.15, 0.2) is 0 Å². The van der Waals surface area contributed by atoms with Crippen molar-refractivity contribution in [1.29, 1.82) is 0 Å². The molecule has 0 saturated heterocycles. The highest BCUT2D eigenvalue weighted by Crippen LogP contribution is 2.43. The van der Waals surface area contributed by atoms with E-state index in [1.807, 2.05) is 12.1 Å². The number of fused-ring (bicyclic) bond motifs is 5. The van der Waals surface area contributed by atoms with Crippen LogP contribution in [0.2, 0.25) is 0 Å². The van der Waals surface area contributed by atoms with Crippen molar-refractivity contribution in [3.63, 3.8) is 0 Å². The molecule has 0 amide bonds. The van der Waals surface area contributed by atoms with Gasteiger partial charge in [0, 0.05) is 35.5 Å². The second-order valence-electron chi connectivity index (χ2n) is 7.32. The van der Waals surface area contributed by atoms with Gasteiger partial charge in [-0.1, -0.05) is 32.1 Å². The maximum absolute atomic E-state index is 12.1. The number of carbonyl (C=O) groups excluding carboxylic acids is 1. The number of aromatic amines is 1. The summed E-state index contributed by atoms with van der Waals surface area (Å²) in [5.41, 5.74) is 5.22. The molecular formula is C22H26N2O3. The third kappa shape index (κ3) is 2.73. The molecule has 0 spiro atoms. The number of esters is 1. The lowest BCUT2D eigenvalue weighted by atomic mass is 9.79. The fraction of sp³-hybridized carbons (Fsp3) is 0.409. The van der Waals surface area contributed by atoms with Gasteiger partial charge in [0.05, 0.1) is 25.6 Å². The summed E-state index contributed by atoms with van der Waals surface area (Å²) in [6.45, 7) is 8.11. The minimum atomic E-state index is -0.321. The van der Waals surface area contributed by atoms with E-state index in [0.717, 1.165) is 54.0 Å². The van der Waals surface area contributed by atoms with Gasteiger partial charge >= 0.3 is 5.97 Å². The summed E-state index contributed by atoms with van der Waals surface area (Å²) in [5, 5.41) is 1.16. The van der Waals surface area contributed by atoms with E-state index in [1.54, 1.807) is 7.11 Å².